The summed E-state index contributed by atoms with van der Waals surface area (Å²) in [6.07, 6.45) is 1.95. The number of benzene rings is 1. The standard InChI is InChI=1S/C20H28N4O2/c1-20(2,3)24-13-14(12-18(24)25)19(26)21-11-7-10-17-22-15-8-5-6-9-16(15)23(17)4/h5-6,8-9,14H,7,10-13H2,1-4H3,(H,21,26)/t14-/m0/s1. The van der Waals surface area contributed by atoms with Gasteiger partial charge in [-0.1, -0.05) is 12.1 Å². The Morgan fingerprint density at radius 3 is 2.69 bits per heavy atom. The van der Waals surface area contributed by atoms with Crippen LogP contribution >= 0.6 is 0 Å². The Labute approximate surface area is 154 Å². The average molecular weight is 356 g/mol. The van der Waals surface area contributed by atoms with Crippen molar-refractivity contribution in [1.29, 1.82) is 0 Å². The van der Waals surface area contributed by atoms with Gasteiger partial charge in [-0.05, 0) is 39.3 Å². The molecule has 1 aliphatic heterocycles. The van der Waals surface area contributed by atoms with Crippen LogP contribution in [0, 0.1) is 5.92 Å². The Hall–Kier alpha value is -2.37. The van der Waals surface area contributed by atoms with E-state index in [2.05, 4.69) is 20.9 Å². The third-order valence-electron chi connectivity index (χ3n) is 5.06. The molecule has 0 unspecified atom stereocenters. The van der Waals surface area contributed by atoms with Gasteiger partial charge in [-0.3, -0.25) is 9.59 Å². The largest absolute Gasteiger partial charge is 0.356 e. The highest BCUT2D eigenvalue weighted by molar-refractivity contribution is 5.89. The molecule has 6 heteroatoms. The number of para-hydroxylation sites is 2. The SMILES string of the molecule is Cn1c(CCCNC(=O)[C@H]2CC(=O)N(C(C)(C)C)C2)nc2ccccc21. The minimum absolute atomic E-state index is 0.0184. The number of aromatic nitrogens is 2. The summed E-state index contributed by atoms with van der Waals surface area (Å²) >= 11 is 0. The van der Waals surface area contributed by atoms with Crippen LogP contribution < -0.4 is 5.32 Å². The van der Waals surface area contributed by atoms with Crippen molar-refractivity contribution < 1.29 is 9.59 Å². The van der Waals surface area contributed by atoms with E-state index in [0.717, 1.165) is 29.7 Å². The average Bonchev–Trinajstić information content (AvgIpc) is 3.13. The molecule has 140 valence electrons. The van der Waals surface area contributed by atoms with E-state index in [9.17, 15) is 9.59 Å². The molecule has 3 rings (SSSR count). The van der Waals surface area contributed by atoms with E-state index in [0.29, 0.717) is 19.5 Å². The molecule has 26 heavy (non-hydrogen) atoms. The second-order valence-electron chi connectivity index (χ2n) is 8.05. The van der Waals surface area contributed by atoms with Gasteiger partial charge in [0.25, 0.3) is 0 Å². The van der Waals surface area contributed by atoms with Crippen molar-refractivity contribution in [2.24, 2.45) is 13.0 Å². The van der Waals surface area contributed by atoms with Gasteiger partial charge in [0.2, 0.25) is 11.8 Å². The van der Waals surface area contributed by atoms with Gasteiger partial charge in [-0.15, -0.1) is 0 Å². The molecule has 1 saturated heterocycles. The molecular formula is C20H28N4O2. The fourth-order valence-electron chi connectivity index (χ4n) is 3.55. The van der Waals surface area contributed by atoms with Crippen LogP contribution in [0.25, 0.3) is 11.0 Å². The van der Waals surface area contributed by atoms with Crippen molar-refractivity contribution in [2.75, 3.05) is 13.1 Å². The summed E-state index contributed by atoms with van der Waals surface area (Å²) in [5.41, 5.74) is 1.89. The lowest BCUT2D eigenvalue weighted by atomic mass is 10.1. The zero-order valence-electron chi connectivity index (χ0n) is 16.1. The summed E-state index contributed by atoms with van der Waals surface area (Å²) in [5.74, 6) is 0.834. The molecule has 0 aliphatic carbocycles. The lowest BCUT2D eigenvalue weighted by Gasteiger charge is -2.31. The third kappa shape index (κ3) is 3.74. The van der Waals surface area contributed by atoms with Crippen LogP contribution in [0.2, 0.25) is 0 Å². The highest BCUT2D eigenvalue weighted by atomic mass is 16.2. The predicted molar refractivity (Wildman–Crippen MR) is 102 cm³/mol. The lowest BCUT2D eigenvalue weighted by molar-refractivity contribution is -0.132. The highest BCUT2D eigenvalue weighted by Gasteiger charge is 2.39. The van der Waals surface area contributed by atoms with Gasteiger partial charge in [0.05, 0.1) is 17.0 Å². The number of carbonyl (C=O) groups is 2. The molecule has 6 nitrogen and oxygen atoms in total. The van der Waals surface area contributed by atoms with Gasteiger partial charge in [0.1, 0.15) is 5.82 Å². The Morgan fingerprint density at radius 1 is 1.31 bits per heavy atom. The second-order valence-corrected chi connectivity index (χ2v) is 8.05. The first kappa shape index (κ1) is 18.4. The summed E-state index contributed by atoms with van der Waals surface area (Å²) in [6, 6.07) is 8.07. The number of hydrogen-bond acceptors (Lipinski definition) is 3. The highest BCUT2D eigenvalue weighted by Crippen LogP contribution is 2.25. The molecule has 2 aromatic rings. The van der Waals surface area contributed by atoms with E-state index in [1.54, 1.807) is 4.90 Å². The first-order valence-corrected chi connectivity index (χ1v) is 9.26. The number of nitrogens with zero attached hydrogens (tertiary/aromatic N) is 3. The summed E-state index contributed by atoms with van der Waals surface area (Å²) in [7, 11) is 2.02. The van der Waals surface area contributed by atoms with Gasteiger partial charge in [0.15, 0.2) is 0 Å². The molecule has 1 N–H and O–H groups in total. The fourth-order valence-corrected chi connectivity index (χ4v) is 3.55. The number of imidazole rings is 1. The van der Waals surface area contributed by atoms with E-state index in [1.165, 1.54) is 0 Å². The van der Waals surface area contributed by atoms with E-state index in [1.807, 2.05) is 46.0 Å². The molecule has 0 saturated carbocycles. The van der Waals surface area contributed by atoms with Crippen LogP contribution in [0.1, 0.15) is 39.4 Å². The molecule has 2 heterocycles. The molecule has 2 amide bonds. The van der Waals surface area contributed by atoms with Crippen LogP contribution in [-0.4, -0.2) is 44.9 Å². The molecule has 1 aliphatic rings. The monoisotopic (exact) mass is 356 g/mol. The molecule has 1 atom stereocenters. The first-order valence-electron chi connectivity index (χ1n) is 9.26. The number of nitrogens with one attached hydrogen (secondary N) is 1. The maximum atomic E-state index is 12.4. The van der Waals surface area contributed by atoms with Gasteiger partial charge in [-0.2, -0.15) is 0 Å². The number of aryl methyl sites for hydroxylation is 2. The number of carbonyl (C=O) groups excluding carboxylic acids is 2. The fraction of sp³-hybridized carbons (Fsp3) is 0.550. The van der Waals surface area contributed by atoms with Gasteiger partial charge < -0.3 is 14.8 Å². The number of rotatable bonds is 5. The van der Waals surface area contributed by atoms with Crippen molar-refractivity contribution in [3.05, 3.63) is 30.1 Å². The summed E-state index contributed by atoms with van der Waals surface area (Å²) in [6.45, 7) is 7.12. The zero-order chi connectivity index (χ0) is 18.9. The normalized spacial score (nSPS) is 17.9. The van der Waals surface area contributed by atoms with E-state index in [4.69, 9.17) is 0 Å². The zero-order valence-corrected chi connectivity index (χ0v) is 16.1. The van der Waals surface area contributed by atoms with Crippen molar-refractivity contribution in [3.8, 4) is 0 Å². The van der Waals surface area contributed by atoms with Crippen LogP contribution in [0.4, 0.5) is 0 Å². The molecule has 1 fully saturated rings. The Kier molecular flexibility index (Phi) is 5.03. The number of likely N-dealkylation sites (tertiary alicyclic amines) is 1. The number of fused-ring (bicyclic) bond motifs is 1. The predicted octanol–water partition coefficient (Wildman–Crippen LogP) is 2.27. The Bertz CT molecular complexity index is 819. The van der Waals surface area contributed by atoms with Crippen molar-refractivity contribution in [2.45, 2.75) is 45.6 Å². The van der Waals surface area contributed by atoms with E-state index >= 15 is 0 Å². The smallest absolute Gasteiger partial charge is 0.225 e. The maximum Gasteiger partial charge on any atom is 0.225 e. The van der Waals surface area contributed by atoms with Crippen molar-refractivity contribution in [1.82, 2.24) is 19.8 Å². The van der Waals surface area contributed by atoms with Crippen molar-refractivity contribution >= 4 is 22.8 Å². The van der Waals surface area contributed by atoms with Crippen molar-refractivity contribution in [3.63, 3.8) is 0 Å². The quantitative estimate of drug-likeness (QED) is 0.836. The minimum Gasteiger partial charge on any atom is -0.356 e. The molecule has 1 aromatic heterocycles. The Balaban J connectivity index is 1.48. The summed E-state index contributed by atoms with van der Waals surface area (Å²) in [4.78, 5) is 30.9. The topological polar surface area (TPSA) is 67.2 Å². The molecule has 1 aromatic carbocycles. The maximum absolute atomic E-state index is 12.4. The van der Waals surface area contributed by atoms with E-state index in [-0.39, 0.29) is 23.3 Å². The van der Waals surface area contributed by atoms with Crippen LogP contribution in [-0.2, 0) is 23.1 Å². The van der Waals surface area contributed by atoms with Crippen LogP contribution in [0.3, 0.4) is 0 Å². The Morgan fingerprint density at radius 2 is 2.04 bits per heavy atom. The number of amides is 2. The number of hydrogen-bond donors (Lipinski definition) is 1. The van der Waals surface area contributed by atoms with Gasteiger partial charge in [0, 0.05) is 38.5 Å². The van der Waals surface area contributed by atoms with Gasteiger partial charge in [-0.25, -0.2) is 4.98 Å². The van der Waals surface area contributed by atoms with Crippen LogP contribution in [0.5, 0.6) is 0 Å². The molecule has 0 radical (unpaired) electrons. The first-order chi connectivity index (χ1) is 12.3. The summed E-state index contributed by atoms with van der Waals surface area (Å²) < 4.78 is 2.11. The molecular weight excluding hydrogens is 328 g/mol. The lowest BCUT2D eigenvalue weighted by Crippen LogP contribution is -2.43. The summed E-state index contributed by atoms with van der Waals surface area (Å²) in [5, 5.41) is 2.99. The molecule has 0 bridgehead atoms. The second kappa shape index (κ2) is 7.09. The minimum atomic E-state index is -0.238. The van der Waals surface area contributed by atoms with Gasteiger partial charge >= 0.3 is 0 Å². The van der Waals surface area contributed by atoms with E-state index < -0.39 is 0 Å². The third-order valence-corrected chi connectivity index (χ3v) is 5.06. The molecule has 0 spiro atoms. The van der Waals surface area contributed by atoms with Crippen LogP contribution in [0.15, 0.2) is 24.3 Å².